The third-order valence-electron chi connectivity index (χ3n) is 3.58. The molecule has 0 fully saturated rings. The number of carbonyl (C=O) groups is 1. The standard InChI is InChI=1S/C19H20F3NOS/c1-14-5-7-15(8-6-14)13-25-10-9-23-18(24)12-16-3-2-4-17(11-16)19(20,21)22/h2-8,11H,9-10,12-13H2,1H3,(H,23,24). The van der Waals surface area contributed by atoms with Gasteiger partial charge in [-0.25, -0.2) is 0 Å². The van der Waals surface area contributed by atoms with Crippen molar-refractivity contribution in [3.05, 3.63) is 70.8 Å². The Kier molecular flexibility index (Phi) is 6.93. The molecule has 1 N–H and O–H groups in total. The van der Waals surface area contributed by atoms with Crippen molar-refractivity contribution < 1.29 is 18.0 Å². The molecule has 0 unspecified atom stereocenters. The lowest BCUT2D eigenvalue weighted by molar-refractivity contribution is -0.137. The monoisotopic (exact) mass is 367 g/mol. The first-order chi connectivity index (χ1) is 11.8. The Hall–Kier alpha value is -1.95. The summed E-state index contributed by atoms with van der Waals surface area (Å²) in [6.45, 7) is 2.53. The molecule has 1 amide bonds. The number of hydrogen-bond donors (Lipinski definition) is 1. The number of carbonyl (C=O) groups excluding carboxylic acids is 1. The third kappa shape index (κ3) is 6.82. The van der Waals surface area contributed by atoms with Crippen LogP contribution in [-0.4, -0.2) is 18.2 Å². The highest BCUT2D eigenvalue weighted by molar-refractivity contribution is 7.98. The first kappa shape index (κ1) is 19.4. The molecule has 0 radical (unpaired) electrons. The van der Waals surface area contributed by atoms with Crippen LogP contribution in [0.25, 0.3) is 0 Å². The normalized spacial score (nSPS) is 11.4. The van der Waals surface area contributed by atoms with Gasteiger partial charge >= 0.3 is 6.18 Å². The van der Waals surface area contributed by atoms with E-state index in [0.717, 1.165) is 23.6 Å². The van der Waals surface area contributed by atoms with E-state index < -0.39 is 11.7 Å². The molecule has 0 atom stereocenters. The summed E-state index contributed by atoms with van der Waals surface area (Å²) in [7, 11) is 0. The Morgan fingerprint density at radius 3 is 2.48 bits per heavy atom. The van der Waals surface area contributed by atoms with Gasteiger partial charge in [0.2, 0.25) is 5.91 Å². The summed E-state index contributed by atoms with van der Waals surface area (Å²) < 4.78 is 38.0. The van der Waals surface area contributed by atoms with Gasteiger partial charge in [0.1, 0.15) is 0 Å². The zero-order valence-electron chi connectivity index (χ0n) is 13.9. The maximum Gasteiger partial charge on any atom is 0.416 e. The minimum atomic E-state index is -4.39. The average molecular weight is 367 g/mol. The second-order valence-electron chi connectivity index (χ2n) is 5.76. The fourth-order valence-electron chi connectivity index (χ4n) is 2.24. The van der Waals surface area contributed by atoms with Crippen molar-refractivity contribution in [1.82, 2.24) is 5.32 Å². The van der Waals surface area contributed by atoms with E-state index in [4.69, 9.17) is 0 Å². The van der Waals surface area contributed by atoms with Crippen molar-refractivity contribution >= 4 is 17.7 Å². The lowest BCUT2D eigenvalue weighted by atomic mass is 10.1. The van der Waals surface area contributed by atoms with Gasteiger partial charge in [0, 0.05) is 18.1 Å². The molecule has 25 heavy (non-hydrogen) atoms. The molecule has 6 heteroatoms. The Morgan fingerprint density at radius 2 is 1.80 bits per heavy atom. The van der Waals surface area contributed by atoms with Crippen molar-refractivity contribution in [2.45, 2.75) is 25.3 Å². The number of hydrogen-bond acceptors (Lipinski definition) is 2. The minimum absolute atomic E-state index is 0.0491. The van der Waals surface area contributed by atoms with Crippen molar-refractivity contribution in [3.8, 4) is 0 Å². The van der Waals surface area contributed by atoms with Crippen molar-refractivity contribution in [2.75, 3.05) is 12.3 Å². The molecular weight excluding hydrogens is 347 g/mol. The van der Waals surface area contributed by atoms with Gasteiger partial charge in [-0.1, -0.05) is 48.0 Å². The smallest absolute Gasteiger partial charge is 0.355 e. The first-order valence-electron chi connectivity index (χ1n) is 7.91. The number of nitrogens with one attached hydrogen (secondary N) is 1. The Labute approximate surface area is 149 Å². The van der Waals surface area contributed by atoms with Crippen LogP contribution in [0.3, 0.4) is 0 Å². The predicted molar refractivity (Wildman–Crippen MR) is 95.5 cm³/mol. The summed E-state index contributed by atoms with van der Waals surface area (Å²) >= 11 is 1.70. The highest BCUT2D eigenvalue weighted by Gasteiger charge is 2.30. The number of halogens is 3. The van der Waals surface area contributed by atoms with Crippen LogP contribution in [0.2, 0.25) is 0 Å². The molecule has 2 aromatic carbocycles. The molecule has 0 saturated carbocycles. The molecular formula is C19H20F3NOS. The highest BCUT2D eigenvalue weighted by Crippen LogP contribution is 2.29. The van der Waals surface area contributed by atoms with Crippen LogP contribution < -0.4 is 5.32 Å². The molecule has 0 aliphatic carbocycles. The molecule has 0 aliphatic heterocycles. The molecule has 0 aromatic heterocycles. The van der Waals surface area contributed by atoms with Crippen molar-refractivity contribution in [2.24, 2.45) is 0 Å². The number of amides is 1. The van der Waals surface area contributed by atoms with Crippen LogP contribution in [0, 0.1) is 6.92 Å². The molecule has 0 bridgehead atoms. The van der Waals surface area contributed by atoms with Gasteiger partial charge in [-0.3, -0.25) is 4.79 Å². The zero-order chi connectivity index (χ0) is 18.3. The van der Waals surface area contributed by atoms with Gasteiger partial charge in [-0.2, -0.15) is 24.9 Å². The summed E-state index contributed by atoms with van der Waals surface area (Å²) in [5.41, 5.74) is 2.08. The van der Waals surface area contributed by atoms with E-state index in [0.29, 0.717) is 12.1 Å². The zero-order valence-corrected chi connectivity index (χ0v) is 14.7. The molecule has 0 heterocycles. The van der Waals surface area contributed by atoms with Gasteiger partial charge in [-0.05, 0) is 24.1 Å². The van der Waals surface area contributed by atoms with Crippen LogP contribution in [0.4, 0.5) is 13.2 Å². The van der Waals surface area contributed by atoms with Crippen LogP contribution >= 0.6 is 11.8 Å². The van der Waals surface area contributed by atoms with Crippen LogP contribution in [0.15, 0.2) is 48.5 Å². The topological polar surface area (TPSA) is 29.1 Å². The fraction of sp³-hybridized carbons (Fsp3) is 0.316. The number of aryl methyl sites for hydroxylation is 1. The maximum atomic E-state index is 12.7. The Balaban J connectivity index is 1.69. The lowest BCUT2D eigenvalue weighted by Crippen LogP contribution is -2.27. The van der Waals surface area contributed by atoms with Gasteiger partial charge in [0.25, 0.3) is 0 Å². The summed E-state index contributed by atoms with van der Waals surface area (Å²) in [5.74, 6) is 1.35. The largest absolute Gasteiger partial charge is 0.416 e. The molecule has 0 spiro atoms. The van der Waals surface area contributed by atoms with E-state index in [-0.39, 0.29) is 12.3 Å². The van der Waals surface area contributed by atoms with E-state index in [9.17, 15) is 18.0 Å². The number of rotatable bonds is 7. The van der Waals surface area contributed by atoms with Crippen LogP contribution in [-0.2, 0) is 23.1 Å². The predicted octanol–water partition coefficient (Wildman–Crippen LogP) is 4.61. The summed E-state index contributed by atoms with van der Waals surface area (Å²) in [5, 5.41) is 2.74. The summed E-state index contributed by atoms with van der Waals surface area (Å²) in [6, 6.07) is 13.2. The molecule has 2 nitrogen and oxygen atoms in total. The van der Waals surface area contributed by atoms with E-state index in [1.54, 1.807) is 11.8 Å². The van der Waals surface area contributed by atoms with Gasteiger partial charge < -0.3 is 5.32 Å². The fourth-order valence-corrected chi connectivity index (χ4v) is 3.06. The van der Waals surface area contributed by atoms with Crippen LogP contribution in [0.1, 0.15) is 22.3 Å². The van der Waals surface area contributed by atoms with E-state index >= 15 is 0 Å². The van der Waals surface area contributed by atoms with Gasteiger partial charge in [0.15, 0.2) is 0 Å². The maximum absolute atomic E-state index is 12.7. The summed E-state index contributed by atoms with van der Waals surface area (Å²) in [4.78, 5) is 11.8. The van der Waals surface area contributed by atoms with Crippen molar-refractivity contribution in [1.29, 1.82) is 0 Å². The number of benzene rings is 2. The van der Waals surface area contributed by atoms with Crippen LogP contribution in [0.5, 0.6) is 0 Å². The van der Waals surface area contributed by atoms with E-state index in [2.05, 4.69) is 29.6 Å². The highest BCUT2D eigenvalue weighted by atomic mass is 32.2. The molecule has 2 rings (SSSR count). The Bertz CT molecular complexity index is 699. The first-order valence-corrected chi connectivity index (χ1v) is 9.06. The Morgan fingerprint density at radius 1 is 1.08 bits per heavy atom. The quantitative estimate of drug-likeness (QED) is 0.725. The second-order valence-corrected chi connectivity index (χ2v) is 6.87. The summed E-state index contributed by atoms with van der Waals surface area (Å²) in [6.07, 6.45) is -4.44. The molecule has 0 saturated heterocycles. The lowest BCUT2D eigenvalue weighted by Gasteiger charge is -2.09. The number of thioether (sulfide) groups is 1. The SMILES string of the molecule is Cc1ccc(CSCCNC(=O)Cc2cccc(C(F)(F)F)c2)cc1. The van der Waals surface area contributed by atoms with Gasteiger partial charge in [0.05, 0.1) is 12.0 Å². The number of alkyl halides is 3. The van der Waals surface area contributed by atoms with E-state index in [1.807, 2.05) is 6.92 Å². The molecule has 0 aliphatic rings. The second kappa shape index (κ2) is 8.94. The van der Waals surface area contributed by atoms with E-state index in [1.165, 1.54) is 23.3 Å². The molecule has 134 valence electrons. The average Bonchev–Trinajstić information content (AvgIpc) is 2.56. The third-order valence-corrected chi connectivity index (χ3v) is 4.61. The van der Waals surface area contributed by atoms with Crippen molar-refractivity contribution in [3.63, 3.8) is 0 Å². The van der Waals surface area contributed by atoms with Gasteiger partial charge in [-0.15, -0.1) is 0 Å². The molecule has 2 aromatic rings. The minimum Gasteiger partial charge on any atom is -0.355 e.